The molecule has 5 heteroatoms. The van der Waals surface area contributed by atoms with E-state index in [9.17, 15) is 0 Å². The van der Waals surface area contributed by atoms with E-state index in [0.29, 0.717) is 12.5 Å². The first kappa shape index (κ1) is 11.9. The Morgan fingerprint density at radius 3 is 2.59 bits per heavy atom. The maximum atomic E-state index is 5.81. The standard InChI is InChI=1S/C12H15ClN4/c1-8(2)12-15-11(16-17-12)7-14-10-5-3-9(13)4-6-10/h3-6,8,14H,7H2,1-2H3,(H,15,16,17). The van der Waals surface area contributed by atoms with Gasteiger partial charge in [-0.15, -0.1) is 0 Å². The highest BCUT2D eigenvalue weighted by molar-refractivity contribution is 6.30. The number of H-pyrrole nitrogens is 1. The fraction of sp³-hybridized carbons (Fsp3) is 0.333. The second-order valence-corrected chi connectivity index (χ2v) is 4.59. The lowest BCUT2D eigenvalue weighted by molar-refractivity contribution is 0.780. The molecule has 17 heavy (non-hydrogen) atoms. The van der Waals surface area contributed by atoms with Gasteiger partial charge in [-0.05, 0) is 24.3 Å². The predicted octanol–water partition coefficient (Wildman–Crippen LogP) is 3.19. The monoisotopic (exact) mass is 250 g/mol. The predicted molar refractivity (Wildman–Crippen MR) is 69.3 cm³/mol. The fourth-order valence-corrected chi connectivity index (χ4v) is 1.53. The molecule has 0 saturated carbocycles. The van der Waals surface area contributed by atoms with E-state index in [1.54, 1.807) is 0 Å². The Balaban J connectivity index is 1.95. The maximum absolute atomic E-state index is 5.81. The number of halogens is 1. The van der Waals surface area contributed by atoms with Gasteiger partial charge in [0.2, 0.25) is 0 Å². The van der Waals surface area contributed by atoms with Crippen molar-refractivity contribution in [2.75, 3.05) is 5.32 Å². The molecule has 1 aromatic carbocycles. The molecular formula is C12H15ClN4. The van der Waals surface area contributed by atoms with Crippen molar-refractivity contribution < 1.29 is 0 Å². The zero-order chi connectivity index (χ0) is 12.3. The van der Waals surface area contributed by atoms with Crippen LogP contribution in [0.15, 0.2) is 24.3 Å². The minimum Gasteiger partial charge on any atom is -0.378 e. The van der Waals surface area contributed by atoms with Gasteiger partial charge in [0.1, 0.15) is 5.82 Å². The number of aromatic amines is 1. The Morgan fingerprint density at radius 2 is 2.00 bits per heavy atom. The molecular weight excluding hydrogens is 236 g/mol. The van der Waals surface area contributed by atoms with E-state index in [4.69, 9.17) is 11.6 Å². The van der Waals surface area contributed by atoms with Gasteiger partial charge in [-0.1, -0.05) is 25.4 Å². The Kier molecular flexibility index (Phi) is 3.64. The van der Waals surface area contributed by atoms with Crippen molar-refractivity contribution in [3.63, 3.8) is 0 Å². The van der Waals surface area contributed by atoms with E-state index in [1.165, 1.54) is 0 Å². The Morgan fingerprint density at radius 1 is 1.29 bits per heavy atom. The summed E-state index contributed by atoms with van der Waals surface area (Å²) in [6.45, 7) is 4.76. The van der Waals surface area contributed by atoms with Crippen LogP contribution in [0.5, 0.6) is 0 Å². The summed E-state index contributed by atoms with van der Waals surface area (Å²) in [6.07, 6.45) is 0. The Bertz CT molecular complexity index is 476. The molecule has 90 valence electrons. The smallest absolute Gasteiger partial charge is 0.153 e. The average Bonchev–Trinajstić information content (AvgIpc) is 2.77. The first-order valence-electron chi connectivity index (χ1n) is 5.56. The van der Waals surface area contributed by atoms with Gasteiger partial charge >= 0.3 is 0 Å². The van der Waals surface area contributed by atoms with Crippen LogP contribution in [0.3, 0.4) is 0 Å². The lowest BCUT2D eigenvalue weighted by atomic mass is 10.2. The number of nitrogens with zero attached hydrogens (tertiary/aromatic N) is 2. The third-order valence-corrected chi connectivity index (χ3v) is 2.62. The minimum absolute atomic E-state index is 0.343. The topological polar surface area (TPSA) is 53.6 Å². The molecule has 0 unspecified atom stereocenters. The molecule has 0 aliphatic heterocycles. The lowest BCUT2D eigenvalue weighted by Gasteiger charge is -2.03. The first-order chi connectivity index (χ1) is 8.15. The number of hydrogen-bond donors (Lipinski definition) is 2. The largest absolute Gasteiger partial charge is 0.378 e. The van der Waals surface area contributed by atoms with E-state index in [-0.39, 0.29) is 0 Å². The summed E-state index contributed by atoms with van der Waals surface area (Å²) >= 11 is 5.81. The molecule has 4 nitrogen and oxygen atoms in total. The molecule has 2 aromatic rings. The zero-order valence-electron chi connectivity index (χ0n) is 9.87. The second kappa shape index (κ2) is 5.19. The highest BCUT2D eigenvalue weighted by atomic mass is 35.5. The highest BCUT2D eigenvalue weighted by Gasteiger charge is 2.06. The molecule has 0 bridgehead atoms. The van der Waals surface area contributed by atoms with Crippen molar-refractivity contribution in [3.05, 3.63) is 40.9 Å². The minimum atomic E-state index is 0.343. The van der Waals surface area contributed by atoms with Crippen molar-refractivity contribution in [2.45, 2.75) is 26.3 Å². The number of hydrogen-bond acceptors (Lipinski definition) is 3. The number of rotatable bonds is 4. The molecule has 0 aliphatic rings. The Labute approximate surface area is 105 Å². The highest BCUT2D eigenvalue weighted by Crippen LogP contribution is 2.14. The first-order valence-corrected chi connectivity index (χ1v) is 5.93. The van der Waals surface area contributed by atoms with Gasteiger partial charge in [0.25, 0.3) is 0 Å². The quantitative estimate of drug-likeness (QED) is 0.876. The molecule has 0 amide bonds. The van der Waals surface area contributed by atoms with Crippen molar-refractivity contribution in [1.29, 1.82) is 0 Å². The van der Waals surface area contributed by atoms with Crippen LogP contribution in [-0.4, -0.2) is 15.2 Å². The number of nitrogens with one attached hydrogen (secondary N) is 2. The summed E-state index contributed by atoms with van der Waals surface area (Å²) < 4.78 is 0. The second-order valence-electron chi connectivity index (χ2n) is 4.16. The molecule has 2 rings (SSSR count). The molecule has 0 fully saturated rings. The van der Waals surface area contributed by atoms with Crippen molar-refractivity contribution in [2.24, 2.45) is 0 Å². The van der Waals surface area contributed by atoms with Gasteiger partial charge in [0, 0.05) is 16.6 Å². The van der Waals surface area contributed by atoms with Crippen molar-refractivity contribution in [1.82, 2.24) is 15.2 Å². The lowest BCUT2D eigenvalue weighted by Crippen LogP contribution is -2.01. The van der Waals surface area contributed by atoms with E-state index < -0.39 is 0 Å². The van der Waals surface area contributed by atoms with Crippen LogP contribution in [0.25, 0.3) is 0 Å². The molecule has 2 N–H and O–H groups in total. The molecule has 0 radical (unpaired) electrons. The summed E-state index contributed by atoms with van der Waals surface area (Å²) in [5.74, 6) is 2.03. The van der Waals surface area contributed by atoms with Crippen LogP contribution in [-0.2, 0) is 6.54 Å². The van der Waals surface area contributed by atoms with E-state index in [2.05, 4.69) is 34.3 Å². The molecule has 0 atom stereocenters. The van der Waals surface area contributed by atoms with Crippen LogP contribution in [0.2, 0.25) is 5.02 Å². The number of aromatic nitrogens is 3. The number of anilines is 1. The van der Waals surface area contributed by atoms with Gasteiger partial charge in [-0.2, -0.15) is 5.10 Å². The molecule has 1 heterocycles. The van der Waals surface area contributed by atoms with E-state index in [1.807, 2.05) is 24.3 Å². The SMILES string of the molecule is CC(C)c1n[nH]c(CNc2ccc(Cl)cc2)n1. The van der Waals surface area contributed by atoms with Crippen molar-refractivity contribution in [3.8, 4) is 0 Å². The average molecular weight is 251 g/mol. The molecule has 1 aromatic heterocycles. The molecule has 0 spiro atoms. The van der Waals surface area contributed by atoms with Gasteiger partial charge in [-0.25, -0.2) is 4.98 Å². The van der Waals surface area contributed by atoms with Gasteiger partial charge in [0.15, 0.2) is 5.82 Å². The Hall–Kier alpha value is -1.55. The molecule has 0 saturated heterocycles. The fourth-order valence-electron chi connectivity index (χ4n) is 1.40. The van der Waals surface area contributed by atoms with Crippen LogP contribution in [0, 0.1) is 0 Å². The van der Waals surface area contributed by atoms with Gasteiger partial charge < -0.3 is 5.32 Å². The summed E-state index contributed by atoms with van der Waals surface area (Å²) in [7, 11) is 0. The van der Waals surface area contributed by atoms with Crippen LogP contribution >= 0.6 is 11.6 Å². The van der Waals surface area contributed by atoms with Crippen LogP contribution in [0.1, 0.15) is 31.4 Å². The third kappa shape index (κ3) is 3.20. The van der Waals surface area contributed by atoms with Gasteiger partial charge in [-0.3, -0.25) is 5.10 Å². The van der Waals surface area contributed by atoms with E-state index in [0.717, 1.165) is 22.4 Å². The third-order valence-electron chi connectivity index (χ3n) is 2.37. The van der Waals surface area contributed by atoms with Crippen LogP contribution < -0.4 is 5.32 Å². The normalized spacial score (nSPS) is 10.8. The zero-order valence-corrected chi connectivity index (χ0v) is 10.6. The summed E-state index contributed by atoms with van der Waals surface area (Å²) in [6, 6.07) is 7.57. The number of benzene rings is 1. The van der Waals surface area contributed by atoms with E-state index >= 15 is 0 Å². The maximum Gasteiger partial charge on any atom is 0.153 e. The van der Waals surface area contributed by atoms with Crippen molar-refractivity contribution >= 4 is 17.3 Å². The van der Waals surface area contributed by atoms with Crippen LogP contribution in [0.4, 0.5) is 5.69 Å². The molecule has 0 aliphatic carbocycles. The summed E-state index contributed by atoms with van der Waals surface area (Å²) in [4.78, 5) is 4.39. The summed E-state index contributed by atoms with van der Waals surface area (Å²) in [5, 5.41) is 11.0. The van der Waals surface area contributed by atoms with Gasteiger partial charge in [0.05, 0.1) is 6.54 Å². The summed E-state index contributed by atoms with van der Waals surface area (Å²) in [5.41, 5.74) is 1.01.